The zero-order chi connectivity index (χ0) is 18.5. The van der Waals surface area contributed by atoms with Gasteiger partial charge in [-0.15, -0.1) is 0 Å². The molecule has 1 aromatic rings. The van der Waals surface area contributed by atoms with Gasteiger partial charge in [0.1, 0.15) is 0 Å². The highest BCUT2D eigenvalue weighted by Gasteiger charge is 2.25. The second kappa shape index (κ2) is 9.27. The fraction of sp³-hybridized carbons (Fsp3) is 0.632. The molecule has 2 fully saturated rings. The smallest absolute Gasteiger partial charge is 0.321 e. The molecule has 1 N–H and O–H groups in total. The summed E-state index contributed by atoms with van der Waals surface area (Å²) in [6.07, 6.45) is 2.64. The number of urea groups is 1. The van der Waals surface area contributed by atoms with Crippen LogP contribution in [0.5, 0.6) is 0 Å². The summed E-state index contributed by atoms with van der Waals surface area (Å²) in [5, 5.41) is 3.84. The van der Waals surface area contributed by atoms with Crippen LogP contribution in [0.2, 0.25) is 10.0 Å². The van der Waals surface area contributed by atoms with Crippen LogP contribution >= 0.6 is 23.2 Å². The van der Waals surface area contributed by atoms with Crippen molar-refractivity contribution in [1.29, 1.82) is 0 Å². The zero-order valence-electron chi connectivity index (χ0n) is 15.4. The summed E-state index contributed by atoms with van der Waals surface area (Å²) in [7, 11) is 0. The van der Waals surface area contributed by atoms with Crippen molar-refractivity contribution in [1.82, 2.24) is 14.7 Å². The van der Waals surface area contributed by atoms with E-state index in [0.717, 1.165) is 45.2 Å². The second-order valence-corrected chi connectivity index (χ2v) is 8.06. The molecule has 2 amide bonds. The molecular weight excluding hydrogens is 371 g/mol. The lowest BCUT2D eigenvalue weighted by Gasteiger charge is -2.39. The van der Waals surface area contributed by atoms with E-state index in [4.69, 9.17) is 23.2 Å². The SMILES string of the molecule is CCN1CCC[C@H](CN2CCN(C(=O)Nc3ccc(Cl)c(Cl)c3)CC2)C1. The number of amides is 2. The van der Waals surface area contributed by atoms with E-state index in [9.17, 15) is 4.79 Å². The lowest BCUT2D eigenvalue weighted by molar-refractivity contribution is 0.103. The summed E-state index contributed by atoms with van der Waals surface area (Å²) in [6, 6.07) is 5.07. The first-order valence-electron chi connectivity index (χ1n) is 9.51. The van der Waals surface area contributed by atoms with E-state index in [2.05, 4.69) is 22.0 Å². The monoisotopic (exact) mass is 398 g/mol. The van der Waals surface area contributed by atoms with Gasteiger partial charge in [-0.1, -0.05) is 30.1 Å². The average molecular weight is 399 g/mol. The van der Waals surface area contributed by atoms with E-state index in [1.165, 1.54) is 25.9 Å². The number of carbonyl (C=O) groups is 1. The zero-order valence-corrected chi connectivity index (χ0v) is 16.9. The van der Waals surface area contributed by atoms with Crippen molar-refractivity contribution in [3.05, 3.63) is 28.2 Å². The van der Waals surface area contributed by atoms with Gasteiger partial charge in [-0.2, -0.15) is 0 Å². The van der Waals surface area contributed by atoms with Crippen LogP contribution in [0.4, 0.5) is 10.5 Å². The lowest BCUT2D eigenvalue weighted by atomic mass is 9.97. The molecule has 0 unspecified atom stereocenters. The number of anilines is 1. The summed E-state index contributed by atoms with van der Waals surface area (Å²) in [6.45, 7) is 10.4. The minimum Gasteiger partial charge on any atom is -0.322 e. The van der Waals surface area contributed by atoms with E-state index in [0.29, 0.717) is 15.7 Å². The van der Waals surface area contributed by atoms with Gasteiger partial charge >= 0.3 is 6.03 Å². The Bertz CT molecular complexity index is 620. The fourth-order valence-electron chi connectivity index (χ4n) is 3.86. The van der Waals surface area contributed by atoms with Crippen molar-refractivity contribution >= 4 is 34.9 Å². The first-order chi connectivity index (χ1) is 12.5. The molecule has 144 valence electrons. The number of halogens is 2. The fourth-order valence-corrected chi connectivity index (χ4v) is 4.16. The minimum absolute atomic E-state index is 0.0714. The number of hydrogen-bond donors (Lipinski definition) is 1. The van der Waals surface area contributed by atoms with Gasteiger partial charge in [0.15, 0.2) is 0 Å². The van der Waals surface area contributed by atoms with Gasteiger partial charge in [0.05, 0.1) is 10.0 Å². The highest BCUT2D eigenvalue weighted by molar-refractivity contribution is 6.42. The van der Waals surface area contributed by atoms with E-state index in [-0.39, 0.29) is 6.03 Å². The predicted molar refractivity (Wildman–Crippen MR) is 108 cm³/mol. The lowest BCUT2D eigenvalue weighted by Crippen LogP contribution is -2.52. The third-order valence-corrected chi connectivity index (χ3v) is 6.14. The first-order valence-corrected chi connectivity index (χ1v) is 10.3. The van der Waals surface area contributed by atoms with Crippen LogP contribution in [-0.4, -0.2) is 73.1 Å². The molecule has 0 aromatic heterocycles. The summed E-state index contributed by atoms with van der Waals surface area (Å²) in [5.74, 6) is 0.764. The van der Waals surface area contributed by atoms with Crippen LogP contribution in [0.3, 0.4) is 0 Å². The minimum atomic E-state index is -0.0714. The Morgan fingerprint density at radius 2 is 1.88 bits per heavy atom. The molecule has 2 saturated heterocycles. The molecule has 1 aromatic carbocycles. The second-order valence-electron chi connectivity index (χ2n) is 7.25. The molecule has 1 atom stereocenters. The van der Waals surface area contributed by atoms with Crippen molar-refractivity contribution in [2.75, 3.05) is 57.7 Å². The Kier molecular flexibility index (Phi) is 7.04. The molecule has 0 radical (unpaired) electrons. The highest BCUT2D eigenvalue weighted by Crippen LogP contribution is 2.25. The maximum absolute atomic E-state index is 12.5. The molecule has 0 spiro atoms. The molecule has 2 heterocycles. The quantitative estimate of drug-likeness (QED) is 0.836. The molecule has 2 aliphatic rings. The number of piperidine rings is 1. The number of benzene rings is 1. The summed E-state index contributed by atoms with van der Waals surface area (Å²) in [4.78, 5) is 19.4. The molecule has 0 bridgehead atoms. The number of nitrogens with zero attached hydrogens (tertiary/aromatic N) is 3. The summed E-state index contributed by atoms with van der Waals surface area (Å²) in [5.41, 5.74) is 0.675. The first kappa shape index (κ1) is 19.7. The number of piperazine rings is 1. The molecule has 7 heteroatoms. The Morgan fingerprint density at radius 3 is 2.58 bits per heavy atom. The predicted octanol–water partition coefficient (Wildman–Crippen LogP) is 3.87. The molecule has 0 aliphatic carbocycles. The van der Waals surface area contributed by atoms with Gasteiger partial charge in [-0.25, -0.2) is 4.79 Å². The number of nitrogens with one attached hydrogen (secondary N) is 1. The Hall–Kier alpha value is -1.01. The van der Waals surface area contributed by atoms with E-state index in [1.807, 2.05) is 4.90 Å². The van der Waals surface area contributed by atoms with Gasteiger partial charge in [0, 0.05) is 45.0 Å². The Balaban J connectivity index is 1.44. The highest BCUT2D eigenvalue weighted by atomic mass is 35.5. The van der Waals surface area contributed by atoms with E-state index >= 15 is 0 Å². The van der Waals surface area contributed by atoms with Gasteiger partial charge in [-0.05, 0) is 50.0 Å². The molecular formula is C19H28Cl2N4O. The summed E-state index contributed by atoms with van der Waals surface area (Å²) >= 11 is 11.9. The topological polar surface area (TPSA) is 38.8 Å². The third kappa shape index (κ3) is 5.26. The van der Waals surface area contributed by atoms with Gasteiger partial charge in [-0.3, -0.25) is 4.90 Å². The Labute approximate surface area is 166 Å². The van der Waals surface area contributed by atoms with Crippen molar-refractivity contribution in [3.8, 4) is 0 Å². The molecule has 26 heavy (non-hydrogen) atoms. The number of likely N-dealkylation sites (tertiary alicyclic amines) is 1. The average Bonchev–Trinajstić information content (AvgIpc) is 2.65. The van der Waals surface area contributed by atoms with Crippen molar-refractivity contribution in [2.24, 2.45) is 5.92 Å². The normalized spacial score (nSPS) is 22.4. The van der Waals surface area contributed by atoms with Crippen molar-refractivity contribution in [3.63, 3.8) is 0 Å². The van der Waals surface area contributed by atoms with Crippen LogP contribution in [0.25, 0.3) is 0 Å². The number of hydrogen-bond acceptors (Lipinski definition) is 3. The molecule has 3 rings (SSSR count). The number of carbonyl (C=O) groups excluding carboxylic acids is 1. The molecule has 0 saturated carbocycles. The van der Waals surface area contributed by atoms with Gasteiger partial charge in [0.25, 0.3) is 0 Å². The van der Waals surface area contributed by atoms with Crippen LogP contribution in [0, 0.1) is 5.92 Å². The van der Waals surface area contributed by atoms with Crippen LogP contribution in [0.15, 0.2) is 18.2 Å². The standard InChI is InChI=1S/C19H28Cl2N4O/c1-2-23-7-3-4-15(13-23)14-24-8-10-25(11-9-24)19(26)22-16-5-6-17(20)18(21)12-16/h5-6,12,15H,2-4,7-11,13-14H2,1H3,(H,22,26)/t15-/m0/s1. The number of rotatable bonds is 4. The van der Waals surface area contributed by atoms with Crippen LogP contribution in [0.1, 0.15) is 19.8 Å². The largest absolute Gasteiger partial charge is 0.322 e. The van der Waals surface area contributed by atoms with Crippen LogP contribution in [-0.2, 0) is 0 Å². The van der Waals surface area contributed by atoms with Crippen molar-refractivity contribution in [2.45, 2.75) is 19.8 Å². The van der Waals surface area contributed by atoms with Gasteiger partial charge in [0.2, 0.25) is 0 Å². The van der Waals surface area contributed by atoms with E-state index in [1.54, 1.807) is 18.2 Å². The Morgan fingerprint density at radius 1 is 1.12 bits per heavy atom. The van der Waals surface area contributed by atoms with Gasteiger partial charge < -0.3 is 15.1 Å². The van der Waals surface area contributed by atoms with Crippen molar-refractivity contribution < 1.29 is 4.79 Å². The summed E-state index contributed by atoms with van der Waals surface area (Å²) < 4.78 is 0. The maximum atomic E-state index is 12.5. The van der Waals surface area contributed by atoms with Crippen LogP contribution < -0.4 is 5.32 Å². The molecule has 5 nitrogen and oxygen atoms in total. The maximum Gasteiger partial charge on any atom is 0.321 e. The molecule has 2 aliphatic heterocycles. The van der Waals surface area contributed by atoms with E-state index < -0.39 is 0 Å². The third-order valence-electron chi connectivity index (χ3n) is 5.40.